The van der Waals surface area contributed by atoms with E-state index in [-0.39, 0.29) is 5.91 Å². The third kappa shape index (κ3) is 4.58. The summed E-state index contributed by atoms with van der Waals surface area (Å²) in [6.07, 6.45) is 3.56. The van der Waals surface area contributed by atoms with E-state index in [9.17, 15) is 4.79 Å². The van der Waals surface area contributed by atoms with Crippen LogP contribution in [0.5, 0.6) is 0 Å². The highest BCUT2D eigenvalue weighted by Gasteiger charge is 2.11. The maximum absolute atomic E-state index is 12.1. The normalized spacial score (nSPS) is 10.5. The maximum atomic E-state index is 12.1. The predicted molar refractivity (Wildman–Crippen MR) is 103 cm³/mol. The largest absolute Gasteiger partial charge is 0.352 e. The van der Waals surface area contributed by atoms with Gasteiger partial charge in [0.15, 0.2) is 5.13 Å². The lowest BCUT2D eigenvalue weighted by Crippen LogP contribution is -2.23. The highest BCUT2D eigenvalue weighted by atomic mass is 32.2. The fourth-order valence-corrected chi connectivity index (χ4v) is 4.09. The van der Waals surface area contributed by atoms with Crippen molar-refractivity contribution in [3.63, 3.8) is 0 Å². The second-order valence-electron chi connectivity index (χ2n) is 5.26. The third-order valence-electron chi connectivity index (χ3n) is 3.39. The SMILES string of the molecule is CCNC(=O)c1cc(Sc2cnc(Nc3ccccn3)s2)ccc1C. The summed E-state index contributed by atoms with van der Waals surface area (Å²) in [7, 11) is 0. The van der Waals surface area contributed by atoms with Crippen LogP contribution in [0.3, 0.4) is 0 Å². The molecule has 0 aliphatic heterocycles. The highest BCUT2D eigenvalue weighted by molar-refractivity contribution is 8.01. The van der Waals surface area contributed by atoms with Crippen molar-refractivity contribution >= 4 is 40.0 Å². The van der Waals surface area contributed by atoms with E-state index in [1.165, 1.54) is 0 Å². The minimum absolute atomic E-state index is 0.0377. The maximum Gasteiger partial charge on any atom is 0.251 e. The minimum atomic E-state index is -0.0377. The van der Waals surface area contributed by atoms with Gasteiger partial charge in [-0.15, -0.1) is 0 Å². The molecule has 2 aromatic heterocycles. The van der Waals surface area contributed by atoms with Gasteiger partial charge in [0.05, 0.1) is 10.4 Å². The van der Waals surface area contributed by atoms with Gasteiger partial charge in [-0.3, -0.25) is 4.79 Å². The van der Waals surface area contributed by atoms with E-state index in [2.05, 4.69) is 20.6 Å². The number of benzene rings is 1. The molecule has 1 amide bonds. The number of amides is 1. The topological polar surface area (TPSA) is 66.9 Å². The number of hydrogen-bond acceptors (Lipinski definition) is 6. The van der Waals surface area contributed by atoms with Gasteiger partial charge in [0.1, 0.15) is 5.82 Å². The predicted octanol–water partition coefficient (Wildman–Crippen LogP) is 4.49. The number of thiazole rings is 1. The van der Waals surface area contributed by atoms with Crippen LogP contribution in [0, 0.1) is 6.92 Å². The summed E-state index contributed by atoms with van der Waals surface area (Å²) in [4.78, 5) is 21.8. The van der Waals surface area contributed by atoms with Crippen molar-refractivity contribution in [2.24, 2.45) is 0 Å². The first-order valence-electron chi connectivity index (χ1n) is 7.86. The number of rotatable bonds is 6. The molecule has 0 atom stereocenters. The van der Waals surface area contributed by atoms with Gasteiger partial charge in [0.25, 0.3) is 5.91 Å². The van der Waals surface area contributed by atoms with Crippen LogP contribution in [0.25, 0.3) is 0 Å². The van der Waals surface area contributed by atoms with Gasteiger partial charge in [-0.25, -0.2) is 9.97 Å². The number of carbonyl (C=O) groups is 1. The Kier molecular flexibility index (Phi) is 5.67. The van der Waals surface area contributed by atoms with E-state index in [1.807, 2.05) is 56.4 Å². The first kappa shape index (κ1) is 17.4. The highest BCUT2D eigenvalue weighted by Crippen LogP contribution is 2.35. The molecule has 5 nitrogen and oxygen atoms in total. The number of nitrogens with one attached hydrogen (secondary N) is 2. The molecule has 2 N–H and O–H groups in total. The molecule has 0 fully saturated rings. The summed E-state index contributed by atoms with van der Waals surface area (Å²) in [5.74, 6) is 0.728. The number of anilines is 2. The van der Waals surface area contributed by atoms with E-state index >= 15 is 0 Å². The quantitative estimate of drug-likeness (QED) is 0.669. The number of aryl methyl sites for hydroxylation is 1. The lowest BCUT2D eigenvalue weighted by molar-refractivity contribution is 0.0955. The van der Waals surface area contributed by atoms with Gasteiger partial charge in [-0.05, 0) is 43.7 Å². The molecule has 128 valence electrons. The summed E-state index contributed by atoms with van der Waals surface area (Å²) >= 11 is 3.14. The Bertz CT molecular complexity index is 865. The Balaban J connectivity index is 1.72. The van der Waals surface area contributed by atoms with Crippen molar-refractivity contribution in [2.45, 2.75) is 23.0 Å². The smallest absolute Gasteiger partial charge is 0.251 e. The zero-order valence-electron chi connectivity index (χ0n) is 13.9. The summed E-state index contributed by atoms with van der Waals surface area (Å²) in [6.45, 7) is 4.48. The standard InChI is InChI=1S/C18H18N4OS2/c1-3-19-17(23)14-10-13(8-7-12(14)2)24-16-11-21-18(25-16)22-15-6-4-5-9-20-15/h4-11H,3H2,1-2H3,(H,19,23)(H,20,21,22). The van der Waals surface area contributed by atoms with Gasteiger partial charge in [-0.1, -0.05) is 35.2 Å². The average Bonchev–Trinajstić information content (AvgIpc) is 3.04. The van der Waals surface area contributed by atoms with Crippen molar-refractivity contribution in [1.82, 2.24) is 15.3 Å². The Hall–Kier alpha value is -2.38. The van der Waals surface area contributed by atoms with Gasteiger partial charge < -0.3 is 10.6 Å². The molecule has 0 unspecified atom stereocenters. The van der Waals surface area contributed by atoms with E-state index in [1.54, 1.807) is 29.3 Å². The third-order valence-corrected chi connectivity index (χ3v) is 5.40. The second-order valence-corrected chi connectivity index (χ2v) is 7.67. The first-order chi connectivity index (χ1) is 12.2. The van der Waals surface area contributed by atoms with Crippen molar-refractivity contribution in [3.05, 3.63) is 59.9 Å². The summed E-state index contributed by atoms with van der Waals surface area (Å²) in [5, 5.41) is 6.82. The molecule has 0 radical (unpaired) electrons. The van der Waals surface area contributed by atoms with Crippen LogP contribution in [-0.4, -0.2) is 22.4 Å². The van der Waals surface area contributed by atoms with Crippen LogP contribution in [0.4, 0.5) is 10.9 Å². The zero-order valence-corrected chi connectivity index (χ0v) is 15.6. The lowest BCUT2D eigenvalue weighted by Gasteiger charge is -2.08. The molecular weight excluding hydrogens is 352 g/mol. The van der Waals surface area contributed by atoms with Crippen molar-refractivity contribution in [3.8, 4) is 0 Å². The van der Waals surface area contributed by atoms with Crippen molar-refractivity contribution in [1.29, 1.82) is 0 Å². The summed E-state index contributed by atoms with van der Waals surface area (Å²) in [6, 6.07) is 11.6. The average molecular weight is 371 g/mol. The number of pyridine rings is 1. The Morgan fingerprint density at radius 1 is 1.24 bits per heavy atom. The molecule has 3 rings (SSSR count). The van der Waals surface area contributed by atoms with Gasteiger partial charge in [-0.2, -0.15) is 0 Å². The monoisotopic (exact) mass is 370 g/mol. The Morgan fingerprint density at radius 3 is 2.88 bits per heavy atom. The molecule has 7 heteroatoms. The van der Waals surface area contributed by atoms with Crippen LogP contribution < -0.4 is 10.6 Å². The van der Waals surface area contributed by atoms with E-state index < -0.39 is 0 Å². The van der Waals surface area contributed by atoms with E-state index in [4.69, 9.17) is 0 Å². The van der Waals surface area contributed by atoms with Crippen molar-refractivity contribution < 1.29 is 4.79 Å². The fourth-order valence-electron chi connectivity index (χ4n) is 2.19. The molecule has 1 aromatic carbocycles. The lowest BCUT2D eigenvalue weighted by atomic mass is 10.1. The van der Waals surface area contributed by atoms with Crippen LogP contribution >= 0.6 is 23.1 Å². The Morgan fingerprint density at radius 2 is 2.12 bits per heavy atom. The number of nitrogens with zero attached hydrogens (tertiary/aromatic N) is 2. The molecule has 0 spiro atoms. The molecule has 0 bridgehead atoms. The van der Waals surface area contributed by atoms with E-state index in [0.29, 0.717) is 12.1 Å². The fraction of sp³-hybridized carbons (Fsp3) is 0.167. The van der Waals surface area contributed by atoms with Gasteiger partial charge >= 0.3 is 0 Å². The Labute approximate surface area is 154 Å². The second kappa shape index (κ2) is 8.13. The molecule has 25 heavy (non-hydrogen) atoms. The molecule has 3 aromatic rings. The zero-order chi connectivity index (χ0) is 17.6. The summed E-state index contributed by atoms with van der Waals surface area (Å²) < 4.78 is 1.05. The van der Waals surface area contributed by atoms with Crippen molar-refractivity contribution in [2.75, 3.05) is 11.9 Å². The number of aromatic nitrogens is 2. The van der Waals surface area contributed by atoms with Crippen LogP contribution in [-0.2, 0) is 0 Å². The number of hydrogen-bond donors (Lipinski definition) is 2. The van der Waals surface area contributed by atoms with Crippen LogP contribution in [0.1, 0.15) is 22.8 Å². The van der Waals surface area contributed by atoms with Crippen LogP contribution in [0.15, 0.2) is 57.9 Å². The first-order valence-corrected chi connectivity index (χ1v) is 9.49. The molecule has 0 aliphatic rings. The molecule has 0 saturated carbocycles. The molecule has 0 saturated heterocycles. The molecule has 0 aliphatic carbocycles. The minimum Gasteiger partial charge on any atom is -0.352 e. The van der Waals surface area contributed by atoms with E-state index in [0.717, 1.165) is 25.6 Å². The molecule has 2 heterocycles. The summed E-state index contributed by atoms with van der Waals surface area (Å²) in [5.41, 5.74) is 1.68. The number of carbonyl (C=O) groups excluding carboxylic acids is 1. The van der Waals surface area contributed by atoms with Gasteiger partial charge in [0.2, 0.25) is 0 Å². The van der Waals surface area contributed by atoms with Gasteiger partial charge in [0, 0.05) is 23.2 Å². The molecular formula is C18H18N4OS2. The van der Waals surface area contributed by atoms with Crippen LogP contribution in [0.2, 0.25) is 0 Å².